The number of carbonyl (C=O) groups excluding carboxylic acids is 1. The first-order valence-corrected chi connectivity index (χ1v) is 13.6. The molecule has 1 fully saturated rings. The maximum absolute atomic E-state index is 15.4. The number of rotatable bonds is 10. The molecule has 200 valence electrons. The molecular weight excluding hydrogens is 479 g/mol. The van der Waals surface area contributed by atoms with E-state index in [0.717, 1.165) is 22.3 Å². The molecule has 0 atom stereocenters. The van der Waals surface area contributed by atoms with Gasteiger partial charge in [0.2, 0.25) is 0 Å². The quantitative estimate of drug-likeness (QED) is 0.222. The molecule has 0 heterocycles. The normalized spacial score (nSPS) is 14.4. The van der Waals surface area contributed by atoms with Crippen molar-refractivity contribution in [2.75, 3.05) is 19.8 Å². The molecule has 0 amide bonds. The van der Waals surface area contributed by atoms with Gasteiger partial charge in [-0.15, -0.1) is 0 Å². The smallest absolute Gasteiger partial charge is 0.333 e. The zero-order valence-electron chi connectivity index (χ0n) is 22.3. The molecule has 1 N–H and O–H groups in total. The van der Waals surface area contributed by atoms with Crippen LogP contribution in [0.25, 0.3) is 22.3 Å². The minimum Gasteiger partial charge on any atom is -0.491 e. The Kier molecular flexibility index (Phi) is 9.72. The lowest BCUT2D eigenvalue weighted by Crippen LogP contribution is -2.09. The molecule has 3 aromatic rings. The molecule has 0 unspecified atom stereocenters. The number of aliphatic hydroxyl groups is 1. The molecule has 0 aromatic heterocycles. The maximum atomic E-state index is 15.4. The average molecular weight is 517 g/mol. The maximum Gasteiger partial charge on any atom is 0.333 e. The van der Waals surface area contributed by atoms with E-state index in [1.165, 1.54) is 37.7 Å². The number of hydrogen-bond acceptors (Lipinski definition) is 4. The number of carbonyl (C=O) groups is 1. The minimum atomic E-state index is -0.355. The highest BCUT2D eigenvalue weighted by atomic mass is 19.1. The Labute approximate surface area is 225 Å². The summed E-state index contributed by atoms with van der Waals surface area (Å²) in [6.07, 6.45) is 8.54. The van der Waals surface area contributed by atoms with Crippen LogP contribution >= 0.6 is 0 Å². The topological polar surface area (TPSA) is 55.8 Å². The summed E-state index contributed by atoms with van der Waals surface area (Å²) in [6, 6.07) is 19.2. The van der Waals surface area contributed by atoms with E-state index in [-0.39, 0.29) is 31.6 Å². The van der Waals surface area contributed by atoms with Crippen LogP contribution in [0, 0.1) is 5.82 Å². The van der Waals surface area contributed by atoms with Crippen LogP contribution in [0.15, 0.2) is 72.3 Å². The zero-order chi connectivity index (χ0) is 26.9. The van der Waals surface area contributed by atoms with Crippen LogP contribution < -0.4 is 4.74 Å². The Morgan fingerprint density at radius 3 is 2.34 bits per heavy atom. The molecule has 0 saturated heterocycles. The Balaban J connectivity index is 1.55. The molecule has 0 spiro atoms. The molecule has 1 aliphatic carbocycles. The number of allylic oxidation sites excluding steroid dienone is 1. The van der Waals surface area contributed by atoms with Gasteiger partial charge in [0, 0.05) is 17.6 Å². The van der Waals surface area contributed by atoms with Gasteiger partial charge >= 0.3 is 5.97 Å². The van der Waals surface area contributed by atoms with Crippen molar-refractivity contribution in [3.63, 3.8) is 0 Å². The van der Waals surface area contributed by atoms with Crippen molar-refractivity contribution >= 4 is 5.97 Å². The largest absolute Gasteiger partial charge is 0.491 e. The van der Waals surface area contributed by atoms with Crippen molar-refractivity contribution in [1.82, 2.24) is 0 Å². The lowest BCUT2D eigenvalue weighted by molar-refractivity contribution is -0.138. The van der Waals surface area contributed by atoms with Gasteiger partial charge in [0.25, 0.3) is 0 Å². The minimum absolute atomic E-state index is 0.0916. The van der Waals surface area contributed by atoms with Crippen LogP contribution in [-0.2, 0) is 16.0 Å². The van der Waals surface area contributed by atoms with E-state index in [1.54, 1.807) is 32.1 Å². The number of hydrogen-bond donors (Lipinski definition) is 1. The van der Waals surface area contributed by atoms with Gasteiger partial charge in [0.15, 0.2) is 0 Å². The highest BCUT2D eigenvalue weighted by molar-refractivity contribution is 5.87. The molecule has 3 aromatic carbocycles. The molecule has 0 radical (unpaired) electrons. The predicted molar refractivity (Wildman–Crippen MR) is 150 cm³/mol. The second-order valence-electron chi connectivity index (χ2n) is 9.90. The monoisotopic (exact) mass is 516 g/mol. The van der Waals surface area contributed by atoms with Crippen LogP contribution in [0.2, 0.25) is 0 Å². The second-order valence-corrected chi connectivity index (χ2v) is 9.90. The van der Waals surface area contributed by atoms with Crippen LogP contribution in [0.4, 0.5) is 4.39 Å². The van der Waals surface area contributed by atoms with Crippen molar-refractivity contribution in [2.45, 2.75) is 58.3 Å². The zero-order valence-corrected chi connectivity index (χ0v) is 22.3. The van der Waals surface area contributed by atoms with Gasteiger partial charge in [0.05, 0.1) is 13.2 Å². The summed E-state index contributed by atoms with van der Waals surface area (Å²) in [5.41, 5.74) is 5.80. The van der Waals surface area contributed by atoms with E-state index in [4.69, 9.17) is 14.6 Å². The highest BCUT2D eigenvalue weighted by Gasteiger charge is 2.16. The van der Waals surface area contributed by atoms with E-state index in [1.807, 2.05) is 36.4 Å². The first-order valence-electron chi connectivity index (χ1n) is 13.6. The highest BCUT2D eigenvalue weighted by Crippen LogP contribution is 2.35. The van der Waals surface area contributed by atoms with Gasteiger partial charge in [-0.25, -0.2) is 9.18 Å². The molecule has 1 saturated carbocycles. The standard InChI is InChI=1S/C33H37FO4/c1-3-23(2)33(36)38-19-17-28-21-29(37-20-18-35)14-16-30(28)27-13-15-31(32(34)22-27)26-11-9-25(10-12-26)24-7-5-4-6-8-24/h3,9-16,21-22,24,35H,4-8,17-20H2,1-2H3/b23-3+. The summed E-state index contributed by atoms with van der Waals surface area (Å²) in [7, 11) is 0. The van der Waals surface area contributed by atoms with Gasteiger partial charge < -0.3 is 14.6 Å². The number of aliphatic hydroxyl groups excluding tert-OH is 1. The van der Waals surface area contributed by atoms with E-state index in [0.29, 0.717) is 29.2 Å². The Hall–Kier alpha value is -3.44. The molecule has 5 heteroatoms. The van der Waals surface area contributed by atoms with Crippen molar-refractivity contribution in [2.24, 2.45) is 0 Å². The van der Waals surface area contributed by atoms with Crippen LogP contribution in [0.3, 0.4) is 0 Å². The summed E-state index contributed by atoms with van der Waals surface area (Å²) in [5, 5.41) is 9.11. The number of ether oxygens (including phenoxy) is 2. The van der Waals surface area contributed by atoms with Crippen molar-refractivity contribution < 1.29 is 23.8 Å². The lowest BCUT2D eigenvalue weighted by Gasteiger charge is -2.22. The molecule has 1 aliphatic rings. The van der Waals surface area contributed by atoms with Gasteiger partial charge in [-0.3, -0.25) is 0 Å². The molecule has 4 rings (SSSR count). The van der Waals surface area contributed by atoms with Crippen LogP contribution in [0.1, 0.15) is 63.0 Å². The first kappa shape index (κ1) is 27.6. The summed E-state index contributed by atoms with van der Waals surface area (Å²) in [4.78, 5) is 12.1. The van der Waals surface area contributed by atoms with E-state index < -0.39 is 0 Å². The third kappa shape index (κ3) is 6.90. The summed E-state index contributed by atoms with van der Waals surface area (Å²) in [5.74, 6) is 0.583. The van der Waals surface area contributed by atoms with Crippen LogP contribution in [-0.4, -0.2) is 30.9 Å². The van der Waals surface area contributed by atoms with E-state index in [9.17, 15) is 4.79 Å². The molecule has 0 bridgehead atoms. The molecule has 38 heavy (non-hydrogen) atoms. The van der Waals surface area contributed by atoms with E-state index >= 15 is 4.39 Å². The van der Waals surface area contributed by atoms with Crippen molar-refractivity contribution in [3.05, 3.63) is 89.3 Å². The first-order chi connectivity index (χ1) is 18.5. The summed E-state index contributed by atoms with van der Waals surface area (Å²) >= 11 is 0. The Morgan fingerprint density at radius 1 is 0.947 bits per heavy atom. The van der Waals surface area contributed by atoms with Crippen molar-refractivity contribution in [1.29, 1.82) is 0 Å². The number of halogens is 1. The Morgan fingerprint density at radius 2 is 1.66 bits per heavy atom. The summed E-state index contributed by atoms with van der Waals surface area (Å²) in [6.45, 7) is 3.78. The van der Waals surface area contributed by atoms with Gasteiger partial charge in [-0.05, 0) is 78.6 Å². The fourth-order valence-corrected chi connectivity index (χ4v) is 5.08. The lowest BCUT2D eigenvalue weighted by atomic mass is 9.83. The third-order valence-corrected chi connectivity index (χ3v) is 7.37. The second kappa shape index (κ2) is 13.4. The number of benzene rings is 3. The molecular formula is C33H37FO4. The fraction of sp³-hybridized carbons (Fsp3) is 0.364. The van der Waals surface area contributed by atoms with Crippen molar-refractivity contribution in [3.8, 4) is 28.0 Å². The predicted octanol–water partition coefficient (Wildman–Crippen LogP) is 7.63. The van der Waals surface area contributed by atoms with Gasteiger partial charge in [-0.1, -0.05) is 67.8 Å². The Bertz CT molecular complexity index is 1260. The number of esters is 1. The summed E-state index contributed by atoms with van der Waals surface area (Å²) < 4.78 is 26.4. The van der Waals surface area contributed by atoms with Gasteiger partial charge in [-0.2, -0.15) is 0 Å². The van der Waals surface area contributed by atoms with Gasteiger partial charge in [0.1, 0.15) is 18.2 Å². The average Bonchev–Trinajstić information content (AvgIpc) is 2.96. The van der Waals surface area contributed by atoms with E-state index in [2.05, 4.69) is 12.1 Å². The molecule has 0 aliphatic heterocycles. The fourth-order valence-electron chi connectivity index (χ4n) is 5.08. The molecule has 4 nitrogen and oxygen atoms in total. The SMILES string of the molecule is C/C=C(\C)C(=O)OCCc1cc(OCCO)ccc1-c1ccc(-c2ccc(C3CCCCC3)cc2)c(F)c1. The van der Waals surface area contributed by atoms with Crippen LogP contribution in [0.5, 0.6) is 5.75 Å². The third-order valence-electron chi connectivity index (χ3n) is 7.37.